The quantitative estimate of drug-likeness (QED) is 0.126. The van der Waals surface area contributed by atoms with Crippen LogP contribution in [-0.2, 0) is 6.61 Å². The molecule has 0 saturated heterocycles. The fraction of sp³-hybridized carbons (Fsp3) is 0.267. The average molecular weight is 616 g/mol. The second-order valence-electron chi connectivity index (χ2n) is 9.71. The van der Waals surface area contributed by atoms with Crippen LogP contribution in [0, 0.1) is 21.4 Å². The molecule has 0 N–H and O–H groups in total. The lowest BCUT2D eigenvalue weighted by Gasteiger charge is -2.22. The Bertz CT molecular complexity index is 1760. The molecule has 1 heterocycles. The van der Waals surface area contributed by atoms with Gasteiger partial charge in [-0.2, -0.15) is 15.0 Å². The van der Waals surface area contributed by atoms with E-state index in [0.29, 0.717) is 33.4 Å². The normalized spacial score (nSPS) is 13.8. The monoisotopic (exact) mass is 615 g/mol. The van der Waals surface area contributed by atoms with E-state index in [1.165, 1.54) is 24.1 Å². The number of halogens is 1. The molecule has 0 atom stereocenters. The number of fused-ring (bicyclic) bond motifs is 1. The zero-order chi connectivity index (χ0) is 28.9. The summed E-state index contributed by atoms with van der Waals surface area (Å²) in [4.78, 5) is 29.9. The molecule has 4 aromatic rings. The standard InChI is InChI=1S/C30H26BrN5O5/c1-40-27-14-19(13-26(36(38)39)28(27)41-18-22-10-6-5-9-21(22)16-32)17-33-35-29(20-7-3-2-4-8-20)34-25-12-11-23(31)15-24(25)30(35)37/h5-6,9-15,17,20H,2-4,7-8,18H2,1H3. The SMILES string of the molecule is COc1cc(C=Nn2c(C3CCCCC3)nc3ccc(Br)cc3c2=O)cc([N+](=O)[O-])c1OCc1ccccc1C#N. The molecule has 208 valence electrons. The van der Waals surface area contributed by atoms with Crippen molar-refractivity contribution >= 4 is 38.7 Å². The fourth-order valence-corrected chi connectivity index (χ4v) is 5.41. The van der Waals surface area contributed by atoms with Gasteiger partial charge in [0.2, 0.25) is 5.75 Å². The number of methoxy groups -OCH3 is 1. The molecule has 11 heteroatoms. The first-order valence-corrected chi connectivity index (χ1v) is 13.9. The molecule has 41 heavy (non-hydrogen) atoms. The number of nitriles is 1. The molecular formula is C30H26BrN5O5. The van der Waals surface area contributed by atoms with Crippen molar-refractivity contribution in [1.82, 2.24) is 9.66 Å². The minimum atomic E-state index is -0.569. The van der Waals surface area contributed by atoms with Crippen LogP contribution >= 0.6 is 15.9 Å². The summed E-state index contributed by atoms with van der Waals surface area (Å²) in [5.74, 6) is 0.714. The number of hydrogen-bond acceptors (Lipinski definition) is 8. The van der Waals surface area contributed by atoms with Gasteiger partial charge in [0.1, 0.15) is 12.4 Å². The molecule has 1 aromatic heterocycles. The molecule has 0 amide bonds. The molecule has 3 aromatic carbocycles. The number of benzene rings is 3. The molecule has 0 aliphatic heterocycles. The smallest absolute Gasteiger partial charge is 0.315 e. The van der Waals surface area contributed by atoms with Crippen molar-refractivity contribution < 1.29 is 14.4 Å². The van der Waals surface area contributed by atoms with Crippen LogP contribution in [0.1, 0.15) is 60.5 Å². The summed E-state index contributed by atoms with van der Waals surface area (Å²) in [5.41, 5.74) is 1.29. The molecule has 0 spiro atoms. The first-order chi connectivity index (χ1) is 19.9. The maximum atomic E-state index is 13.6. The molecule has 10 nitrogen and oxygen atoms in total. The van der Waals surface area contributed by atoms with E-state index in [1.807, 2.05) is 12.1 Å². The van der Waals surface area contributed by atoms with Gasteiger partial charge in [0.15, 0.2) is 5.75 Å². The van der Waals surface area contributed by atoms with Crippen molar-refractivity contribution in [2.24, 2.45) is 5.10 Å². The third-order valence-electron chi connectivity index (χ3n) is 7.11. The van der Waals surface area contributed by atoms with Crippen LogP contribution in [0.5, 0.6) is 11.5 Å². The van der Waals surface area contributed by atoms with Crippen LogP contribution in [0.2, 0.25) is 0 Å². The van der Waals surface area contributed by atoms with Crippen molar-refractivity contribution in [1.29, 1.82) is 5.26 Å². The second kappa shape index (κ2) is 12.3. The van der Waals surface area contributed by atoms with Crippen LogP contribution in [0.3, 0.4) is 0 Å². The molecule has 0 bridgehead atoms. The minimum absolute atomic E-state index is 0.0627. The first kappa shape index (κ1) is 28.0. The zero-order valence-electron chi connectivity index (χ0n) is 22.2. The Labute approximate surface area is 244 Å². The number of ether oxygens (including phenoxy) is 2. The minimum Gasteiger partial charge on any atom is -0.493 e. The fourth-order valence-electron chi connectivity index (χ4n) is 5.05. The molecule has 1 fully saturated rings. The van der Waals surface area contributed by atoms with Gasteiger partial charge in [-0.1, -0.05) is 53.4 Å². The van der Waals surface area contributed by atoms with Crippen LogP contribution in [0.25, 0.3) is 10.9 Å². The number of rotatable bonds is 8. The highest BCUT2D eigenvalue weighted by atomic mass is 79.9. The van der Waals surface area contributed by atoms with Crippen LogP contribution in [0.15, 0.2) is 69.0 Å². The molecule has 1 aliphatic carbocycles. The lowest BCUT2D eigenvalue weighted by Crippen LogP contribution is -2.25. The van der Waals surface area contributed by atoms with Crippen molar-refractivity contribution in [2.45, 2.75) is 44.6 Å². The lowest BCUT2D eigenvalue weighted by molar-refractivity contribution is -0.386. The maximum absolute atomic E-state index is 13.6. The number of aromatic nitrogens is 2. The predicted octanol–water partition coefficient (Wildman–Crippen LogP) is 6.46. The highest BCUT2D eigenvalue weighted by Crippen LogP contribution is 2.39. The largest absolute Gasteiger partial charge is 0.493 e. The van der Waals surface area contributed by atoms with Gasteiger partial charge in [-0.3, -0.25) is 14.9 Å². The Morgan fingerprint density at radius 1 is 1.20 bits per heavy atom. The summed E-state index contributed by atoms with van der Waals surface area (Å²) < 4.78 is 13.3. The van der Waals surface area contributed by atoms with Crippen molar-refractivity contribution in [3.8, 4) is 17.6 Å². The van der Waals surface area contributed by atoms with Crippen molar-refractivity contribution in [2.75, 3.05) is 7.11 Å². The Hall–Kier alpha value is -4.56. The van der Waals surface area contributed by atoms with E-state index >= 15 is 0 Å². The topological polar surface area (TPSA) is 133 Å². The second-order valence-corrected chi connectivity index (χ2v) is 10.6. The van der Waals surface area contributed by atoms with Gasteiger partial charge >= 0.3 is 5.69 Å². The third-order valence-corrected chi connectivity index (χ3v) is 7.60. The molecule has 1 aliphatic rings. The van der Waals surface area contributed by atoms with Gasteiger partial charge in [0.05, 0.1) is 40.8 Å². The highest BCUT2D eigenvalue weighted by molar-refractivity contribution is 9.10. The molecular weight excluding hydrogens is 590 g/mol. The molecule has 0 radical (unpaired) electrons. The summed E-state index contributed by atoms with van der Waals surface area (Å²) in [6.45, 7) is -0.0627. The van der Waals surface area contributed by atoms with Crippen LogP contribution in [0.4, 0.5) is 5.69 Å². The van der Waals surface area contributed by atoms with Gasteiger partial charge in [-0.25, -0.2) is 4.98 Å². The average Bonchev–Trinajstić information content (AvgIpc) is 3.00. The zero-order valence-corrected chi connectivity index (χ0v) is 23.8. The number of hydrogen-bond donors (Lipinski definition) is 0. The lowest BCUT2D eigenvalue weighted by atomic mass is 9.88. The first-order valence-electron chi connectivity index (χ1n) is 13.1. The van der Waals surface area contributed by atoms with Gasteiger partial charge in [0.25, 0.3) is 5.56 Å². The van der Waals surface area contributed by atoms with E-state index < -0.39 is 4.92 Å². The molecule has 5 rings (SSSR count). The van der Waals surface area contributed by atoms with Crippen molar-refractivity contribution in [3.05, 3.63) is 102 Å². The molecule has 0 unspecified atom stereocenters. The summed E-state index contributed by atoms with van der Waals surface area (Å²) in [6, 6.07) is 17.2. The number of nitrogens with zero attached hydrogens (tertiary/aromatic N) is 5. The van der Waals surface area contributed by atoms with Gasteiger partial charge < -0.3 is 9.47 Å². The Morgan fingerprint density at radius 3 is 2.71 bits per heavy atom. The van der Waals surface area contributed by atoms with Gasteiger partial charge in [-0.05, 0) is 43.2 Å². The van der Waals surface area contributed by atoms with E-state index in [-0.39, 0.29) is 35.3 Å². The van der Waals surface area contributed by atoms with E-state index in [2.05, 4.69) is 27.1 Å². The van der Waals surface area contributed by atoms with E-state index in [1.54, 1.807) is 36.4 Å². The third kappa shape index (κ3) is 5.98. The number of nitro groups is 1. The Balaban J connectivity index is 1.55. The summed E-state index contributed by atoms with van der Waals surface area (Å²) in [6.07, 6.45) is 6.45. The van der Waals surface area contributed by atoms with Crippen LogP contribution < -0.4 is 15.0 Å². The molecule has 1 saturated carbocycles. The van der Waals surface area contributed by atoms with E-state index in [0.717, 1.165) is 36.6 Å². The van der Waals surface area contributed by atoms with Gasteiger partial charge in [-0.15, -0.1) is 0 Å². The Morgan fingerprint density at radius 2 is 1.98 bits per heavy atom. The summed E-state index contributed by atoms with van der Waals surface area (Å²) >= 11 is 3.42. The number of nitro benzene ring substituents is 1. The van der Waals surface area contributed by atoms with Gasteiger partial charge in [0, 0.05) is 27.6 Å². The van der Waals surface area contributed by atoms with Crippen molar-refractivity contribution in [3.63, 3.8) is 0 Å². The maximum Gasteiger partial charge on any atom is 0.315 e. The highest BCUT2D eigenvalue weighted by Gasteiger charge is 2.24. The predicted molar refractivity (Wildman–Crippen MR) is 158 cm³/mol. The summed E-state index contributed by atoms with van der Waals surface area (Å²) in [7, 11) is 1.38. The van der Waals surface area contributed by atoms with Crippen LogP contribution in [-0.4, -0.2) is 27.9 Å². The Kier molecular flexibility index (Phi) is 8.40. The summed E-state index contributed by atoms with van der Waals surface area (Å²) in [5, 5.41) is 26.3. The van der Waals surface area contributed by atoms with E-state index in [4.69, 9.17) is 14.5 Å². The van der Waals surface area contributed by atoms with E-state index in [9.17, 15) is 20.2 Å².